The van der Waals surface area contributed by atoms with Crippen molar-refractivity contribution in [1.29, 1.82) is 0 Å². The van der Waals surface area contributed by atoms with Crippen molar-refractivity contribution in [3.63, 3.8) is 0 Å². The number of rotatable bonds is 7. The van der Waals surface area contributed by atoms with Crippen molar-refractivity contribution in [2.75, 3.05) is 13.2 Å². The summed E-state index contributed by atoms with van der Waals surface area (Å²) in [7, 11) is -4.67. The van der Waals surface area contributed by atoms with Crippen LogP contribution in [-0.4, -0.2) is 99.2 Å². The van der Waals surface area contributed by atoms with E-state index >= 15 is 0 Å². The van der Waals surface area contributed by atoms with E-state index in [0.29, 0.717) is 0 Å². The van der Waals surface area contributed by atoms with Crippen molar-refractivity contribution < 1.29 is 82.4 Å². The average Bonchev–Trinajstić information content (AvgIpc) is 2.55. The largest absolute Gasteiger partial charge is 0.479 e. The van der Waals surface area contributed by atoms with Gasteiger partial charge in [0.25, 0.3) is 0 Å². The lowest BCUT2D eigenvalue weighted by Gasteiger charge is -2.07. The summed E-state index contributed by atoms with van der Waals surface area (Å²) >= 11 is 0. The molecular formula is C13H24O17S. The molecule has 0 saturated carbocycles. The Kier molecular flexibility index (Phi) is 20.1. The molecule has 0 bridgehead atoms. The van der Waals surface area contributed by atoms with Crippen molar-refractivity contribution in [2.45, 2.75) is 33.5 Å². The Morgan fingerprint density at radius 2 is 1.00 bits per heavy atom. The van der Waals surface area contributed by atoms with Crippen LogP contribution < -0.4 is 0 Å². The molecule has 0 aliphatic heterocycles. The van der Waals surface area contributed by atoms with Crippen LogP contribution in [0.3, 0.4) is 0 Å². The van der Waals surface area contributed by atoms with Crippen LogP contribution in [0.15, 0.2) is 0 Å². The smallest absolute Gasteiger partial charge is 0.394 e. The van der Waals surface area contributed by atoms with E-state index in [1.165, 1.54) is 0 Å². The van der Waals surface area contributed by atoms with Gasteiger partial charge in [0.15, 0.2) is 25.4 Å². The minimum Gasteiger partial charge on any atom is -0.479 e. The summed E-state index contributed by atoms with van der Waals surface area (Å²) < 4.78 is 44.2. The van der Waals surface area contributed by atoms with Gasteiger partial charge < -0.3 is 34.6 Å². The molecule has 0 heterocycles. The quantitative estimate of drug-likeness (QED) is 0.0926. The molecule has 31 heavy (non-hydrogen) atoms. The van der Waals surface area contributed by atoms with E-state index < -0.39 is 71.6 Å². The Bertz CT molecular complexity index is 677. The molecule has 18 heteroatoms. The normalized spacial score (nSPS) is 11.3. The van der Waals surface area contributed by atoms with Gasteiger partial charge in [0.1, 0.15) is 0 Å². The summed E-state index contributed by atoms with van der Waals surface area (Å²) in [4.78, 5) is 61.6. The minimum absolute atomic E-state index is 0. The number of aliphatic carboxylic acids is 2. The fraction of sp³-hybridized carbons (Fsp3) is 0.538. The first-order chi connectivity index (χ1) is 13.4. The molecule has 0 fully saturated rings. The lowest BCUT2D eigenvalue weighted by molar-refractivity contribution is -0.171. The van der Waals surface area contributed by atoms with Crippen LogP contribution in [0, 0.1) is 0 Å². The predicted molar refractivity (Wildman–Crippen MR) is 94.7 cm³/mol. The maximum absolute atomic E-state index is 10.7. The van der Waals surface area contributed by atoms with Gasteiger partial charge >= 0.3 is 46.2 Å². The monoisotopic (exact) mass is 484 g/mol. The summed E-state index contributed by atoms with van der Waals surface area (Å²) in [5.74, 6) is -6.92. The lowest BCUT2D eigenvalue weighted by Crippen LogP contribution is -2.39. The van der Waals surface area contributed by atoms with E-state index in [4.69, 9.17) is 37.9 Å². The van der Waals surface area contributed by atoms with Crippen LogP contribution >= 0.6 is 0 Å². The van der Waals surface area contributed by atoms with Crippen molar-refractivity contribution in [3.8, 4) is 0 Å². The molecule has 0 aromatic rings. The van der Waals surface area contributed by atoms with E-state index in [2.05, 4.69) is 14.2 Å². The zero-order chi connectivity index (χ0) is 24.7. The third-order valence-corrected chi connectivity index (χ3v) is 1.82. The van der Waals surface area contributed by atoms with Gasteiger partial charge in [-0.15, -0.1) is 0 Å². The maximum Gasteiger partial charge on any atom is 0.394 e. The fourth-order valence-electron chi connectivity index (χ4n) is 0.777. The zero-order valence-corrected chi connectivity index (χ0v) is 16.0. The molecule has 0 aliphatic carbocycles. The summed E-state index contributed by atoms with van der Waals surface area (Å²) in [5, 5.41) is 32.5. The fourth-order valence-corrected chi connectivity index (χ4v) is 0.777. The summed E-state index contributed by atoms with van der Waals surface area (Å²) in [6, 6.07) is 0. The number of carboxylic acids is 2. The molecule has 0 aromatic carbocycles. The van der Waals surface area contributed by atoms with E-state index in [1.54, 1.807) is 0 Å². The third kappa shape index (κ3) is 31.7. The average molecular weight is 484 g/mol. The van der Waals surface area contributed by atoms with E-state index in [9.17, 15) is 28.8 Å². The molecule has 184 valence electrons. The number of carbonyl (C=O) groups is 6. The van der Waals surface area contributed by atoms with Crippen molar-refractivity contribution in [2.24, 2.45) is 0 Å². The molecule has 0 rings (SSSR count). The van der Waals surface area contributed by atoms with E-state index in [0.717, 1.165) is 13.8 Å². The highest BCUT2D eigenvalue weighted by molar-refractivity contribution is 7.79. The Morgan fingerprint density at radius 1 is 0.774 bits per heavy atom. The highest BCUT2D eigenvalue weighted by Crippen LogP contribution is 1.92. The Hall–Kier alpha value is -3.19. The summed E-state index contributed by atoms with van der Waals surface area (Å²) in [5.41, 5.74) is 0. The first kappa shape index (κ1) is 35.3. The number of aliphatic hydroxyl groups excluding tert-OH is 2. The van der Waals surface area contributed by atoms with Crippen molar-refractivity contribution in [3.05, 3.63) is 0 Å². The first-order valence-corrected chi connectivity index (χ1v) is 8.30. The van der Waals surface area contributed by atoms with Crippen LogP contribution in [0.2, 0.25) is 0 Å². The molecule has 0 spiro atoms. The van der Waals surface area contributed by atoms with Crippen LogP contribution in [0.25, 0.3) is 0 Å². The number of carboxylic acid groups (broad SMARTS) is 2. The molecule has 0 aliphatic rings. The molecule has 0 saturated heterocycles. The number of carbonyl (C=O) groups excluding carboxylic acids is 4. The highest BCUT2D eigenvalue weighted by Gasteiger charge is 2.29. The highest BCUT2D eigenvalue weighted by atomic mass is 32.3. The van der Waals surface area contributed by atoms with Gasteiger partial charge in [-0.05, 0) is 0 Å². The summed E-state index contributed by atoms with van der Waals surface area (Å²) in [6.07, 6.45) is -4.53. The van der Waals surface area contributed by atoms with Crippen molar-refractivity contribution in [1.82, 2.24) is 0 Å². The predicted octanol–water partition coefficient (Wildman–Crippen LogP) is -2.71. The van der Waals surface area contributed by atoms with Crippen LogP contribution in [0.4, 0.5) is 0 Å². The molecule has 0 aromatic heterocycles. The van der Waals surface area contributed by atoms with Gasteiger partial charge in [-0.3, -0.25) is 18.7 Å². The number of hydrogen-bond acceptors (Lipinski definition) is 13. The number of hydrogen-bond donors (Lipinski definition) is 6. The molecule has 6 N–H and O–H groups in total. The molecule has 0 amide bonds. The topological polar surface area (TPSA) is 286 Å². The Labute approximate surface area is 176 Å². The lowest BCUT2D eigenvalue weighted by atomic mass is 10.2. The number of aliphatic hydroxyl groups is 2. The Morgan fingerprint density at radius 3 is 1.16 bits per heavy atom. The Balaban J connectivity index is -0.000000124. The SMILES string of the molecule is C.CC(=O)OCC(=O)OC(=O)COC(C)=O.O=C(O)C(O)C(O)C(=O)O.O=S(=O)(O)O.[HH]. The summed E-state index contributed by atoms with van der Waals surface area (Å²) in [6.45, 7) is 0.907. The van der Waals surface area contributed by atoms with Gasteiger partial charge in [-0.25, -0.2) is 19.2 Å². The minimum atomic E-state index is -4.67. The number of esters is 4. The first-order valence-electron chi connectivity index (χ1n) is 6.90. The second-order valence-electron chi connectivity index (χ2n) is 4.42. The zero-order valence-electron chi connectivity index (χ0n) is 15.2. The molecule has 0 radical (unpaired) electrons. The molecule has 2 atom stereocenters. The van der Waals surface area contributed by atoms with Gasteiger partial charge in [-0.1, -0.05) is 7.43 Å². The molecule has 2 unspecified atom stereocenters. The van der Waals surface area contributed by atoms with Gasteiger partial charge in [-0.2, -0.15) is 8.42 Å². The van der Waals surface area contributed by atoms with E-state index in [-0.39, 0.29) is 8.85 Å². The molecule has 17 nitrogen and oxygen atoms in total. The maximum atomic E-state index is 10.7. The van der Waals surface area contributed by atoms with Crippen molar-refractivity contribution >= 4 is 46.2 Å². The molecular weight excluding hydrogens is 460 g/mol. The second-order valence-corrected chi connectivity index (χ2v) is 5.32. The number of ether oxygens (including phenoxy) is 3. The van der Waals surface area contributed by atoms with Gasteiger partial charge in [0.2, 0.25) is 0 Å². The standard InChI is InChI=1S/C8H10O7.C4H6O6.CH4.H2O4S.H2/c1-5(9)13-3-7(11)15-8(12)4-14-6(2)10;5-1(3(7)8)2(6)4(9)10;;1-5(2,3)4;/h3-4H2,1-2H3;1-2,5-6H,(H,7,8)(H,9,10);1H4;(H2,1,2,3,4);1H. The van der Waals surface area contributed by atoms with E-state index in [1.807, 2.05) is 0 Å². The van der Waals surface area contributed by atoms with Gasteiger partial charge in [0.05, 0.1) is 0 Å². The van der Waals surface area contributed by atoms with Crippen LogP contribution in [0.1, 0.15) is 22.7 Å². The van der Waals surface area contributed by atoms with Crippen LogP contribution in [0.5, 0.6) is 0 Å². The van der Waals surface area contributed by atoms with Crippen LogP contribution in [-0.2, 0) is 53.4 Å². The van der Waals surface area contributed by atoms with Gasteiger partial charge in [0, 0.05) is 15.3 Å². The second kappa shape index (κ2) is 17.7. The third-order valence-electron chi connectivity index (χ3n) is 1.82.